The number of nitrogens with one attached hydrogen (secondary N) is 1. The summed E-state index contributed by atoms with van der Waals surface area (Å²) >= 11 is 0. The van der Waals surface area contributed by atoms with Crippen LogP contribution in [0.1, 0.15) is 37.7 Å². The molecule has 0 saturated heterocycles. The van der Waals surface area contributed by atoms with E-state index in [9.17, 15) is 9.90 Å². The van der Waals surface area contributed by atoms with Crippen molar-refractivity contribution in [2.24, 2.45) is 0 Å². The Labute approximate surface area is 148 Å². The van der Waals surface area contributed by atoms with Crippen LogP contribution in [-0.2, 0) is 11.2 Å². The highest BCUT2D eigenvalue weighted by Crippen LogP contribution is 2.30. The Hall–Kier alpha value is -2.33. The van der Waals surface area contributed by atoms with Crippen LogP contribution in [0, 0.1) is 0 Å². The summed E-state index contributed by atoms with van der Waals surface area (Å²) in [4.78, 5) is 12.4. The molecule has 0 radical (unpaired) electrons. The summed E-state index contributed by atoms with van der Waals surface area (Å²) in [5.41, 5.74) is 3.68. The second-order valence-corrected chi connectivity index (χ2v) is 6.51. The van der Waals surface area contributed by atoms with Crippen LogP contribution in [0.25, 0.3) is 11.1 Å². The summed E-state index contributed by atoms with van der Waals surface area (Å²) in [5.74, 6) is 0. The van der Waals surface area contributed by atoms with E-state index < -0.39 is 6.09 Å². The van der Waals surface area contributed by atoms with Gasteiger partial charge in [0.15, 0.2) is 0 Å². The molecule has 2 N–H and O–H groups in total. The Balaban J connectivity index is 1.79. The molecule has 4 heteroatoms. The van der Waals surface area contributed by atoms with Gasteiger partial charge in [-0.15, -0.1) is 0 Å². The van der Waals surface area contributed by atoms with Crippen molar-refractivity contribution in [3.8, 4) is 11.1 Å². The topological polar surface area (TPSA) is 58.6 Å². The zero-order valence-electron chi connectivity index (χ0n) is 14.4. The summed E-state index contributed by atoms with van der Waals surface area (Å²) in [6.45, 7) is 0.0800. The third-order valence-electron chi connectivity index (χ3n) is 4.63. The maximum atomic E-state index is 12.4. The molecule has 1 aliphatic carbocycles. The molecular formula is C21H25NO3. The minimum Gasteiger partial charge on any atom is -0.446 e. The van der Waals surface area contributed by atoms with E-state index in [4.69, 9.17) is 4.74 Å². The first-order valence-electron chi connectivity index (χ1n) is 9.03. The molecule has 2 aromatic rings. The van der Waals surface area contributed by atoms with Crippen LogP contribution < -0.4 is 5.32 Å². The largest absolute Gasteiger partial charge is 0.446 e. The highest BCUT2D eigenvalue weighted by molar-refractivity contribution is 5.91. The van der Waals surface area contributed by atoms with Gasteiger partial charge in [0.2, 0.25) is 0 Å². The van der Waals surface area contributed by atoms with Crippen molar-refractivity contribution in [1.29, 1.82) is 0 Å². The molecule has 0 heterocycles. The van der Waals surface area contributed by atoms with Crippen molar-refractivity contribution in [2.75, 3.05) is 11.9 Å². The molecule has 25 heavy (non-hydrogen) atoms. The lowest BCUT2D eigenvalue weighted by atomic mass is 9.98. The van der Waals surface area contributed by atoms with Crippen molar-refractivity contribution in [2.45, 2.75) is 44.6 Å². The summed E-state index contributed by atoms with van der Waals surface area (Å²) in [7, 11) is 0. The number of hydrogen-bond acceptors (Lipinski definition) is 3. The summed E-state index contributed by atoms with van der Waals surface area (Å²) < 4.78 is 5.59. The molecule has 1 saturated carbocycles. The SMILES string of the molecule is O=C(Nc1cc(CCO)ccc1-c1ccccc1)OC1CCCCC1. The summed E-state index contributed by atoms with van der Waals surface area (Å²) in [6.07, 6.45) is 5.55. The normalized spacial score (nSPS) is 14.9. The maximum absolute atomic E-state index is 12.4. The first-order chi connectivity index (χ1) is 12.3. The highest BCUT2D eigenvalue weighted by atomic mass is 16.6. The van der Waals surface area contributed by atoms with Gasteiger partial charge in [0.1, 0.15) is 6.10 Å². The van der Waals surface area contributed by atoms with E-state index in [0.717, 1.165) is 48.1 Å². The lowest BCUT2D eigenvalue weighted by molar-refractivity contribution is 0.0865. The molecule has 0 aliphatic heterocycles. The predicted octanol–water partition coefficient (Wildman–Crippen LogP) is 4.77. The van der Waals surface area contributed by atoms with Crippen LogP contribution in [0.4, 0.5) is 10.5 Å². The van der Waals surface area contributed by atoms with Gasteiger partial charge < -0.3 is 9.84 Å². The van der Waals surface area contributed by atoms with Crippen LogP contribution in [0.5, 0.6) is 0 Å². The van der Waals surface area contributed by atoms with Crippen molar-refractivity contribution >= 4 is 11.8 Å². The van der Waals surface area contributed by atoms with Crippen LogP contribution in [0.3, 0.4) is 0 Å². The van der Waals surface area contributed by atoms with Gasteiger partial charge in [-0.3, -0.25) is 5.32 Å². The third kappa shape index (κ3) is 4.83. The van der Waals surface area contributed by atoms with E-state index in [-0.39, 0.29) is 12.7 Å². The van der Waals surface area contributed by atoms with Crippen LogP contribution in [-0.4, -0.2) is 23.9 Å². The van der Waals surface area contributed by atoms with Crippen molar-refractivity contribution < 1.29 is 14.6 Å². The second-order valence-electron chi connectivity index (χ2n) is 6.51. The molecular weight excluding hydrogens is 314 g/mol. The van der Waals surface area contributed by atoms with Gasteiger partial charge in [-0.1, -0.05) is 48.9 Å². The fourth-order valence-electron chi connectivity index (χ4n) is 3.32. The second kappa shape index (κ2) is 8.67. The van der Waals surface area contributed by atoms with Gasteiger partial charge in [-0.05, 0) is 49.3 Å². The van der Waals surface area contributed by atoms with E-state index in [1.165, 1.54) is 6.42 Å². The number of benzene rings is 2. The number of rotatable bonds is 5. The van der Waals surface area contributed by atoms with Gasteiger partial charge >= 0.3 is 6.09 Å². The molecule has 0 bridgehead atoms. The van der Waals surface area contributed by atoms with Crippen LogP contribution in [0.2, 0.25) is 0 Å². The number of carbonyl (C=O) groups is 1. The van der Waals surface area contributed by atoms with Gasteiger partial charge in [-0.25, -0.2) is 4.79 Å². The Kier molecular flexibility index (Phi) is 6.07. The fraction of sp³-hybridized carbons (Fsp3) is 0.381. The predicted molar refractivity (Wildman–Crippen MR) is 99.6 cm³/mol. The van der Waals surface area contributed by atoms with E-state index in [0.29, 0.717) is 6.42 Å². The van der Waals surface area contributed by atoms with Gasteiger partial charge in [0, 0.05) is 12.2 Å². The first-order valence-corrected chi connectivity index (χ1v) is 9.03. The number of hydrogen-bond donors (Lipinski definition) is 2. The number of carbonyl (C=O) groups excluding carboxylic acids is 1. The molecule has 3 rings (SSSR count). The van der Waals surface area contributed by atoms with E-state index in [1.54, 1.807) is 0 Å². The Morgan fingerprint density at radius 3 is 2.56 bits per heavy atom. The van der Waals surface area contributed by atoms with Crippen LogP contribution in [0.15, 0.2) is 48.5 Å². The number of aliphatic hydroxyl groups is 1. The minimum atomic E-state index is -0.398. The lowest BCUT2D eigenvalue weighted by Gasteiger charge is -2.22. The number of amides is 1. The standard InChI is InChI=1S/C21H25NO3/c23-14-13-16-11-12-19(17-7-3-1-4-8-17)20(15-16)22-21(24)25-18-9-5-2-6-10-18/h1,3-4,7-8,11-12,15,18,23H,2,5-6,9-10,13-14H2,(H,22,24). The molecule has 0 spiro atoms. The van der Waals surface area contributed by atoms with Crippen molar-refractivity contribution in [3.63, 3.8) is 0 Å². The molecule has 1 amide bonds. The summed E-state index contributed by atoms with van der Waals surface area (Å²) in [5, 5.41) is 12.1. The van der Waals surface area contributed by atoms with Gasteiger partial charge in [0.05, 0.1) is 5.69 Å². The minimum absolute atomic E-state index is 0.0227. The van der Waals surface area contributed by atoms with Crippen molar-refractivity contribution in [1.82, 2.24) is 0 Å². The van der Waals surface area contributed by atoms with Crippen molar-refractivity contribution in [3.05, 3.63) is 54.1 Å². The fourth-order valence-corrected chi connectivity index (χ4v) is 3.32. The monoisotopic (exact) mass is 339 g/mol. The van der Waals surface area contributed by atoms with Gasteiger partial charge in [0.25, 0.3) is 0 Å². The van der Waals surface area contributed by atoms with E-state index >= 15 is 0 Å². The number of anilines is 1. The number of ether oxygens (including phenoxy) is 1. The highest BCUT2D eigenvalue weighted by Gasteiger charge is 2.18. The average Bonchev–Trinajstić information content (AvgIpc) is 2.64. The zero-order chi connectivity index (χ0) is 17.5. The number of aliphatic hydroxyl groups excluding tert-OH is 1. The lowest BCUT2D eigenvalue weighted by Crippen LogP contribution is -2.24. The molecule has 4 nitrogen and oxygen atoms in total. The summed E-state index contributed by atoms with van der Waals surface area (Å²) in [6, 6.07) is 15.8. The Morgan fingerprint density at radius 2 is 1.84 bits per heavy atom. The quantitative estimate of drug-likeness (QED) is 0.825. The van der Waals surface area contributed by atoms with Crippen LogP contribution >= 0.6 is 0 Å². The Morgan fingerprint density at radius 1 is 1.08 bits per heavy atom. The Bertz CT molecular complexity index is 694. The molecule has 0 atom stereocenters. The molecule has 2 aromatic carbocycles. The first kappa shape index (κ1) is 17.5. The van der Waals surface area contributed by atoms with E-state index in [2.05, 4.69) is 5.32 Å². The molecule has 0 unspecified atom stereocenters. The average molecular weight is 339 g/mol. The maximum Gasteiger partial charge on any atom is 0.411 e. The smallest absolute Gasteiger partial charge is 0.411 e. The molecule has 132 valence electrons. The molecule has 0 aromatic heterocycles. The molecule has 1 aliphatic rings. The third-order valence-corrected chi connectivity index (χ3v) is 4.63. The molecule has 1 fully saturated rings. The zero-order valence-corrected chi connectivity index (χ0v) is 14.4. The van der Waals surface area contributed by atoms with E-state index in [1.807, 2.05) is 48.5 Å². The van der Waals surface area contributed by atoms with Gasteiger partial charge in [-0.2, -0.15) is 0 Å².